The average molecular weight is 334 g/mol. The molecule has 0 N–H and O–H groups in total. The lowest BCUT2D eigenvalue weighted by Gasteiger charge is -2.30. The van der Waals surface area contributed by atoms with Gasteiger partial charge in [-0.3, -0.25) is 14.8 Å². The van der Waals surface area contributed by atoms with Crippen LogP contribution in [0, 0.1) is 0 Å². The van der Waals surface area contributed by atoms with Gasteiger partial charge in [0.1, 0.15) is 12.1 Å². The molecular formula is C17H26N4OS. The van der Waals surface area contributed by atoms with Gasteiger partial charge in [-0.15, -0.1) is 0 Å². The number of hydrogen-bond donors (Lipinski definition) is 0. The number of allylic oxidation sites excluding steroid dienone is 2. The zero-order valence-corrected chi connectivity index (χ0v) is 15.1. The normalized spacial score (nSPS) is 18.2. The number of carbonyl (C=O) groups is 1. The highest BCUT2D eigenvalue weighted by atomic mass is 32.2. The first-order chi connectivity index (χ1) is 11.0. The largest absolute Gasteiger partial charge is 0.362 e. The summed E-state index contributed by atoms with van der Waals surface area (Å²) < 4.78 is 2.33. The van der Waals surface area contributed by atoms with Crippen LogP contribution in [0.1, 0.15) is 19.8 Å². The molecule has 1 aliphatic heterocycles. The second-order valence-electron chi connectivity index (χ2n) is 5.56. The monoisotopic (exact) mass is 334 g/mol. The van der Waals surface area contributed by atoms with Crippen molar-refractivity contribution >= 4 is 30.8 Å². The minimum absolute atomic E-state index is 0.271. The van der Waals surface area contributed by atoms with Gasteiger partial charge < -0.3 is 4.90 Å². The third kappa shape index (κ3) is 6.97. The summed E-state index contributed by atoms with van der Waals surface area (Å²) in [4.78, 5) is 22.4. The summed E-state index contributed by atoms with van der Waals surface area (Å²) in [7, 11) is 3.88. The standard InChI is InChI=1S/C17H26N4OS/c1-14(2)23-21-10-8-16(9-11-21)19-17(20(4)5)15(13-18-3)7-6-12-22/h6-7,12-13,16H,1,3,8-11H2,2,4-5H3/b7-6-,15-13-,19-17?. The predicted molar refractivity (Wildman–Crippen MR) is 101 cm³/mol. The molecule has 0 amide bonds. The van der Waals surface area contributed by atoms with E-state index in [1.807, 2.05) is 25.9 Å². The topological polar surface area (TPSA) is 48.3 Å². The molecule has 0 atom stereocenters. The van der Waals surface area contributed by atoms with Crippen molar-refractivity contribution in [2.24, 2.45) is 9.98 Å². The second kappa shape index (κ2) is 10.2. The van der Waals surface area contributed by atoms with Crippen molar-refractivity contribution in [3.63, 3.8) is 0 Å². The van der Waals surface area contributed by atoms with Crippen molar-refractivity contribution in [3.05, 3.63) is 35.4 Å². The Hall–Kier alpha value is -1.66. The van der Waals surface area contributed by atoms with Gasteiger partial charge in [-0.1, -0.05) is 6.58 Å². The van der Waals surface area contributed by atoms with Gasteiger partial charge in [0.2, 0.25) is 0 Å². The summed E-state index contributed by atoms with van der Waals surface area (Å²) in [6, 6.07) is 0.271. The first kappa shape index (κ1) is 19.4. The van der Waals surface area contributed by atoms with Crippen LogP contribution < -0.4 is 0 Å². The zero-order valence-electron chi connectivity index (χ0n) is 14.2. The maximum Gasteiger partial charge on any atom is 0.142 e. The second-order valence-corrected chi connectivity index (χ2v) is 6.96. The van der Waals surface area contributed by atoms with Crippen LogP contribution in [-0.4, -0.2) is 61.3 Å². The molecule has 0 radical (unpaired) electrons. The van der Waals surface area contributed by atoms with E-state index >= 15 is 0 Å². The van der Waals surface area contributed by atoms with E-state index in [0.29, 0.717) is 0 Å². The number of likely N-dealkylation sites (N-methyl/N-ethyl adjacent to an activating group) is 1. The number of aliphatic imine (C=N–C) groups is 2. The molecular weight excluding hydrogens is 308 g/mol. The number of aldehydes is 1. The van der Waals surface area contributed by atoms with Crippen molar-refractivity contribution in [3.8, 4) is 0 Å². The van der Waals surface area contributed by atoms with E-state index in [-0.39, 0.29) is 6.04 Å². The SMILES string of the molecule is C=N/C=C(/C=C\C=O)C(=NC1CCN(SC(=C)C)CC1)N(C)C. The van der Waals surface area contributed by atoms with Gasteiger partial charge in [0.25, 0.3) is 0 Å². The van der Waals surface area contributed by atoms with Crippen molar-refractivity contribution in [1.29, 1.82) is 0 Å². The molecule has 6 heteroatoms. The van der Waals surface area contributed by atoms with Gasteiger partial charge in [0.15, 0.2) is 0 Å². The molecule has 5 nitrogen and oxygen atoms in total. The Labute approximate surface area is 143 Å². The van der Waals surface area contributed by atoms with E-state index < -0.39 is 0 Å². The van der Waals surface area contributed by atoms with Gasteiger partial charge in [-0.25, -0.2) is 4.31 Å². The Kier molecular flexibility index (Phi) is 8.58. The Morgan fingerprint density at radius 2 is 2.00 bits per heavy atom. The van der Waals surface area contributed by atoms with Gasteiger partial charge in [-0.05, 0) is 55.5 Å². The Morgan fingerprint density at radius 1 is 1.35 bits per heavy atom. The molecule has 1 fully saturated rings. The van der Waals surface area contributed by atoms with Crippen molar-refractivity contribution < 1.29 is 4.79 Å². The number of carbonyl (C=O) groups excluding carboxylic acids is 1. The number of hydrogen-bond acceptors (Lipinski definition) is 5. The fourth-order valence-electron chi connectivity index (χ4n) is 2.32. The molecule has 126 valence electrons. The predicted octanol–water partition coefficient (Wildman–Crippen LogP) is 2.93. The molecule has 1 rings (SSSR count). The molecule has 0 aromatic rings. The molecule has 0 aromatic carbocycles. The van der Waals surface area contributed by atoms with E-state index in [1.165, 1.54) is 6.08 Å². The molecule has 1 saturated heterocycles. The highest BCUT2D eigenvalue weighted by molar-refractivity contribution is 8.00. The first-order valence-corrected chi connectivity index (χ1v) is 8.37. The number of piperidine rings is 1. The van der Waals surface area contributed by atoms with Crippen molar-refractivity contribution in [2.75, 3.05) is 27.2 Å². The van der Waals surface area contributed by atoms with Crippen molar-refractivity contribution in [2.45, 2.75) is 25.8 Å². The quantitative estimate of drug-likeness (QED) is 0.179. The lowest BCUT2D eigenvalue weighted by Crippen LogP contribution is -2.33. The molecule has 0 unspecified atom stereocenters. The van der Waals surface area contributed by atoms with Crippen LogP contribution in [0.5, 0.6) is 0 Å². The molecule has 0 aromatic heterocycles. The summed E-state index contributed by atoms with van der Waals surface area (Å²) in [5.41, 5.74) is 0.788. The van der Waals surface area contributed by atoms with E-state index in [0.717, 1.165) is 48.5 Å². The molecule has 1 heterocycles. The highest BCUT2D eigenvalue weighted by Crippen LogP contribution is 2.25. The summed E-state index contributed by atoms with van der Waals surface area (Å²) in [6.45, 7) is 11.5. The number of amidine groups is 1. The maximum atomic E-state index is 10.6. The number of nitrogens with zero attached hydrogens (tertiary/aromatic N) is 4. The fourth-order valence-corrected chi connectivity index (χ4v) is 3.15. The van der Waals surface area contributed by atoms with Crippen LogP contribution >= 0.6 is 11.9 Å². The molecule has 0 saturated carbocycles. The van der Waals surface area contributed by atoms with Gasteiger partial charge >= 0.3 is 0 Å². The lowest BCUT2D eigenvalue weighted by molar-refractivity contribution is -0.104. The fraction of sp³-hybridized carbons (Fsp3) is 0.471. The summed E-state index contributed by atoms with van der Waals surface area (Å²) >= 11 is 1.72. The lowest BCUT2D eigenvalue weighted by atomic mass is 10.1. The smallest absolute Gasteiger partial charge is 0.142 e. The minimum Gasteiger partial charge on any atom is -0.362 e. The molecule has 23 heavy (non-hydrogen) atoms. The van der Waals surface area contributed by atoms with E-state index in [4.69, 9.17) is 4.99 Å². The van der Waals surface area contributed by atoms with Crippen LogP contribution in [0.15, 0.2) is 45.4 Å². The van der Waals surface area contributed by atoms with Crippen LogP contribution in [-0.2, 0) is 4.79 Å². The Bertz CT molecular complexity index is 515. The first-order valence-electron chi connectivity index (χ1n) is 7.59. The van der Waals surface area contributed by atoms with Gasteiger partial charge in [-0.2, -0.15) is 0 Å². The summed E-state index contributed by atoms with van der Waals surface area (Å²) in [5, 5.41) is 0. The van der Waals surface area contributed by atoms with Crippen LogP contribution in [0.25, 0.3) is 0 Å². The highest BCUT2D eigenvalue weighted by Gasteiger charge is 2.20. The Morgan fingerprint density at radius 3 is 2.48 bits per heavy atom. The van der Waals surface area contributed by atoms with Gasteiger partial charge in [0.05, 0.1) is 6.04 Å². The molecule has 0 bridgehead atoms. The van der Waals surface area contributed by atoms with E-state index in [1.54, 1.807) is 24.2 Å². The van der Waals surface area contributed by atoms with E-state index in [2.05, 4.69) is 22.6 Å². The van der Waals surface area contributed by atoms with E-state index in [9.17, 15) is 4.79 Å². The third-order valence-corrected chi connectivity index (χ3v) is 4.21. The number of rotatable bonds is 7. The van der Waals surface area contributed by atoms with Gasteiger partial charge in [0, 0.05) is 39.0 Å². The maximum absolute atomic E-state index is 10.6. The molecule has 0 aliphatic carbocycles. The average Bonchev–Trinajstić information content (AvgIpc) is 2.50. The summed E-state index contributed by atoms with van der Waals surface area (Å²) in [5.74, 6) is 0.821. The Balaban J connectivity index is 2.85. The minimum atomic E-state index is 0.271. The van der Waals surface area contributed by atoms with Crippen LogP contribution in [0.3, 0.4) is 0 Å². The van der Waals surface area contributed by atoms with Crippen LogP contribution in [0.2, 0.25) is 0 Å². The zero-order chi connectivity index (χ0) is 17.2. The van der Waals surface area contributed by atoms with Crippen LogP contribution in [0.4, 0.5) is 0 Å². The summed E-state index contributed by atoms with van der Waals surface area (Å²) in [6.07, 6.45) is 7.55. The molecule has 1 aliphatic rings. The molecule has 0 spiro atoms. The van der Waals surface area contributed by atoms with Crippen molar-refractivity contribution in [1.82, 2.24) is 9.21 Å². The third-order valence-electron chi connectivity index (χ3n) is 3.28.